The number of carbonyl (C=O) groups excluding carboxylic acids is 5. The highest BCUT2D eigenvalue weighted by atomic mass is 16.4. The Morgan fingerprint density at radius 2 is 1.23 bits per heavy atom. The van der Waals surface area contributed by atoms with Gasteiger partial charge in [-0.15, -0.1) is 0 Å². The van der Waals surface area contributed by atoms with Crippen LogP contribution in [0.15, 0.2) is 0 Å². The third kappa shape index (κ3) is 17.8. The molecular weight excluding hydrogens is 624 g/mol. The van der Waals surface area contributed by atoms with Crippen LogP contribution in [0, 0.1) is 17.2 Å². The van der Waals surface area contributed by atoms with Gasteiger partial charge in [0.15, 0.2) is 0 Å². The van der Waals surface area contributed by atoms with Crippen LogP contribution >= 0.6 is 0 Å². The fourth-order valence-corrected chi connectivity index (χ4v) is 4.87. The normalized spacial score (nSPS) is 14.8. The van der Waals surface area contributed by atoms with Crippen LogP contribution in [-0.4, -0.2) is 96.9 Å². The number of primary amides is 1. The van der Waals surface area contributed by atoms with Crippen molar-refractivity contribution in [2.45, 2.75) is 122 Å². The first kappa shape index (κ1) is 44.0. The van der Waals surface area contributed by atoms with E-state index in [1.165, 1.54) is 0 Å². The lowest BCUT2D eigenvalue weighted by Gasteiger charge is -2.30. The summed E-state index contributed by atoms with van der Waals surface area (Å²) in [5.41, 5.74) is 16.1. The standard InChI is InChI=1S/C31H60N10O7/c1-6-19(4)25(29(45)40-24(18(2)3)28(44)39-22(30(46)47)13-9-10-16-32)41-27(43)21(14-11-17-37-31(35)48)38-26(42)20(36-5)12-7-8-15-23(33)34/h18-22,24-25,36H,6-17,32H2,1-5H3,(H3,33,34)(H,38,42)(H,39,44)(H,40,45)(H,41,43)(H,46,47)(H3,35,37,48)/t19?,20-,21?,22-,24-,25-/m1/s1. The number of carboxylic acids is 1. The van der Waals surface area contributed by atoms with Crippen LogP contribution in [0.25, 0.3) is 0 Å². The average Bonchev–Trinajstić information content (AvgIpc) is 3.02. The molecule has 6 amide bonds. The monoisotopic (exact) mass is 684 g/mol. The van der Waals surface area contributed by atoms with E-state index in [9.17, 15) is 33.9 Å². The van der Waals surface area contributed by atoms with Gasteiger partial charge in [-0.1, -0.05) is 40.5 Å². The van der Waals surface area contributed by atoms with Crippen molar-refractivity contribution in [1.29, 1.82) is 5.41 Å². The molecular formula is C31H60N10O7. The van der Waals surface area contributed by atoms with Crippen molar-refractivity contribution in [2.24, 2.45) is 29.0 Å². The minimum atomic E-state index is -1.20. The van der Waals surface area contributed by atoms with Gasteiger partial charge < -0.3 is 54.2 Å². The molecule has 2 unspecified atom stereocenters. The third-order valence-corrected chi connectivity index (χ3v) is 8.06. The Kier molecular flexibility index (Phi) is 22.2. The van der Waals surface area contributed by atoms with Crippen LogP contribution in [-0.2, 0) is 24.0 Å². The molecule has 0 aliphatic carbocycles. The molecule has 17 nitrogen and oxygen atoms in total. The second-order valence-corrected chi connectivity index (χ2v) is 12.4. The minimum absolute atomic E-state index is 0.0600. The van der Waals surface area contributed by atoms with Crippen molar-refractivity contribution in [1.82, 2.24) is 31.9 Å². The van der Waals surface area contributed by atoms with E-state index in [1.807, 2.05) is 6.92 Å². The van der Waals surface area contributed by atoms with Gasteiger partial charge in [0.1, 0.15) is 24.2 Å². The predicted octanol–water partition coefficient (Wildman–Crippen LogP) is -0.626. The number of carboxylic acid groups (broad SMARTS) is 1. The van der Waals surface area contributed by atoms with E-state index in [-0.39, 0.29) is 37.6 Å². The summed E-state index contributed by atoms with van der Waals surface area (Å²) >= 11 is 0. The quantitative estimate of drug-likeness (QED) is 0.0311. The molecule has 0 aromatic rings. The second-order valence-electron chi connectivity index (χ2n) is 12.4. The number of carbonyl (C=O) groups is 6. The zero-order chi connectivity index (χ0) is 36.8. The number of nitrogens with one attached hydrogen (secondary N) is 7. The molecule has 0 aromatic carbocycles. The molecule has 0 heterocycles. The van der Waals surface area contributed by atoms with Crippen molar-refractivity contribution in [3.8, 4) is 0 Å². The van der Waals surface area contributed by atoms with E-state index in [0.29, 0.717) is 51.5 Å². The molecule has 17 heteroatoms. The van der Waals surface area contributed by atoms with Crippen LogP contribution in [0.3, 0.4) is 0 Å². The molecule has 0 spiro atoms. The number of unbranched alkanes of at least 4 members (excludes halogenated alkanes) is 2. The Bertz CT molecular complexity index is 1060. The maximum Gasteiger partial charge on any atom is 0.326 e. The number of amides is 6. The SMILES string of the molecule is CCC(C)[C@@H](NC(=O)C(CCCNC(N)=O)NC(=O)[C@@H](CCCCC(=N)N)NC)C(=O)N[C@@H](C(=O)N[C@H](CCCCN)C(=O)O)C(C)C. The van der Waals surface area contributed by atoms with Crippen molar-refractivity contribution >= 4 is 41.5 Å². The van der Waals surface area contributed by atoms with E-state index in [2.05, 4.69) is 31.9 Å². The van der Waals surface area contributed by atoms with E-state index in [4.69, 9.17) is 22.6 Å². The molecule has 0 radical (unpaired) electrons. The van der Waals surface area contributed by atoms with Gasteiger partial charge in [-0.25, -0.2) is 9.59 Å². The Hall–Kier alpha value is -3.99. The van der Waals surface area contributed by atoms with Gasteiger partial charge in [0.2, 0.25) is 23.6 Å². The number of hydrogen-bond donors (Lipinski definition) is 11. The van der Waals surface area contributed by atoms with Crippen molar-refractivity contribution < 1.29 is 33.9 Å². The van der Waals surface area contributed by atoms with E-state index >= 15 is 0 Å². The lowest BCUT2D eigenvalue weighted by Crippen LogP contribution is -2.60. The number of amidine groups is 1. The van der Waals surface area contributed by atoms with Gasteiger partial charge in [0, 0.05) is 13.0 Å². The molecule has 0 rings (SSSR count). The van der Waals surface area contributed by atoms with Crippen LogP contribution in [0.4, 0.5) is 4.79 Å². The number of nitrogens with two attached hydrogens (primary N) is 3. The third-order valence-electron chi connectivity index (χ3n) is 8.06. The summed E-state index contributed by atoms with van der Waals surface area (Å²) in [4.78, 5) is 76.6. The Morgan fingerprint density at radius 1 is 0.708 bits per heavy atom. The summed E-state index contributed by atoms with van der Waals surface area (Å²) in [5, 5.41) is 33.1. The molecule has 0 aliphatic heterocycles. The summed E-state index contributed by atoms with van der Waals surface area (Å²) in [6.45, 7) is 7.54. The highest BCUT2D eigenvalue weighted by Gasteiger charge is 2.34. The van der Waals surface area contributed by atoms with Crippen LogP contribution in [0.5, 0.6) is 0 Å². The number of hydrogen-bond acceptors (Lipinski definition) is 9. The van der Waals surface area contributed by atoms with E-state index < -0.39 is 71.8 Å². The molecule has 0 saturated heterocycles. The number of aliphatic carboxylic acids is 1. The first-order chi connectivity index (χ1) is 22.6. The second kappa shape index (κ2) is 24.2. The van der Waals surface area contributed by atoms with Crippen molar-refractivity contribution in [3.05, 3.63) is 0 Å². The first-order valence-electron chi connectivity index (χ1n) is 16.8. The molecule has 0 fully saturated rings. The average molecular weight is 685 g/mol. The smallest absolute Gasteiger partial charge is 0.326 e. The van der Waals surface area contributed by atoms with Gasteiger partial charge in [0.05, 0.1) is 11.9 Å². The number of rotatable bonds is 26. The first-order valence-corrected chi connectivity index (χ1v) is 16.8. The van der Waals surface area contributed by atoms with Gasteiger partial charge >= 0.3 is 12.0 Å². The molecule has 0 aliphatic rings. The molecule has 0 aromatic heterocycles. The van der Waals surface area contributed by atoms with Gasteiger partial charge in [0.25, 0.3) is 0 Å². The highest BCUT2D eigenvalue weighted by molar-refractivity contribution is 5.95. The summed E-state index contributed by atoms with van der Waals surface area (Å²) in [7, 11) is 1.62. The van der Waals surface area contributed by atoms with Crippen LogP contribution in [0.1, 0.15) is 91.9 Å². The van der Waals surface area contributed by atoms with Crippen molar-refractivity contribution in [2.75, 3.05) is 20.1 Å². The van der Waals surface area contributed by atoms with Crippen molar-refractivity contribution in [3.63, 3.8) is 0 Å². The summed E-state index contributed by atoms with van der Waals surface area (Å²) in [6, 6.07) is -5.79. The predicted molar refractivity (Wildman–Crippen MR) is 183 cm³/mol. The maximum absolute atomic E-state index is 13.7. The molecule has 276 valence electrons. The van der Waals surface area contributed by atoms with Crippen LogP contribution < -0.4 is 49.1 Å². The molecule has 14 N–H and O–H groups in total. The Balaban J connectivity index is 5.92. The lowest BCUT2D eigenvalue weighted by molar-refractivity contribution is -0.143. The number of likely N-dealkylation sites (N-methyl/N-ethyl adjacent to an activating group) is 1. The zero-order valence-corrected chi connectivity index (χ0v) is 29.2. The maximum atomic E-state index is 13.7. The lowest BCUT2D eigenvalue weighted by atomic mass is 9.95. The molecule has 48 heavy (non-hydrogen) atoms. The number of urea groups is 1. The van der Waals surface area contributed by atoms with E-state index in [1.54, 1.807) is 27.8 Å². The summed E-state index contributed by atoms with van der Waals surface area (Å²) in [5.74, 6) is -4.32. The van der Waals surface area contributed by atoms with Gasteiger partial charge in [-0.05, 0) is 70.4 Å². The highest BCUT2D eigenvalue weighted by Crippen LogP contribution is 2.13. The fourth-order valence-electron chi connectivity index (χ4n) is 4.87. The Morgan fingerprint density at radius 3 is 1.75 bits per heavy atom. The zero-order valence-electron chi connectivity index (χ0n) is 29.2. The summed E-state index contributed by atoms with van der Waals surface area (Å²) in [6.07, 6.45) is 4.23. The largest absolute Gasteiger partial charge is 0.480 e. The Labute approximate surface area is 283 Å². The van der Waals surface area contributed by atoms with Gasteiger partial charge in [-0.2, -0.15) is 0 Å². The molecule has 0 bridgehead atoms. The van der Waals surface area contributed by atoms with Gasteiger partial charge in [-0.3, -0.25) is 24.6 Å². The van der Waals surface area contributed by atoms with E-state index in [0.717, 1.165) is 0 Å². The molecule has 6 atom stereocenters. The molecule has 0 saturated carbocycles. The minimum Gasteiger partial charge on any atom is -0.480 e. The van der Waals surface area contributed by atoms with Crippen LogP contribution in [0.2, 0.25) is 0 Å². The topological polar surface area (TPSA) is 297 Å². The fraction of sp³-hybridized carbons (Fsp3) is 0.774. The summed E-state index contributed by atoms with van der Waals surface area (Å²) < 4.78 is 0.